The van der Waals surface area contributed by atoms with Gasteiger partial charge >= 0.3 is 0 Å². The molecule has 0 aliphatic carbocycles. The summed E-state index contributed by atoms with van der Waals surface area (Å²) in [6, 6.07) is 0. The van der Waals surface area contributed by atoms with Crippen molar-refractivity contribution in [2.75, 3.05) is 46.9 Å². The van der Waals surface area contributed by atoms with Crippen LogP contribution in [-0.2, 0) is 4.74 Å². The van der Waals surface area contributed by atoms with E-state index in [9.17, 15) is 0 Å². The fourth-order valence-electron chi connectivity index (χ4n) is 1.06. The number of hydrogen-bond acceptors (Lipinski definition) is 3. The van der Waals surface area contributed by atoms with Crippen molar-refractivity contribution in [3.63, 3.8) is 0 Å². The average Bonchev–Trinajstić information content (AvgIpc) is 2.13. The molecule has 0 spiro atoms. The Morgan fingerprint density at radius 2 is 2.07 bits per heavy atom. The molecule has 14 heavy (non-hydrogen) atoms. The summed E-state index contributed by atoms with van der Waals surface area (Å²) < 4.78 is 5.00. The number of rotatable bonds is 9. The molecule has 0 radical (unpaired) electrons. The Labute approximate surface area is 88.1 Å². The third-order valence-corrected chi connectivity index (χ3v) is 2.08. The van der Waals surface area contributed by atoms with E-state index >= 15 is 0 Å². The predicted molar refractivity (Wildman–Crippen MR) is 61.7 cm³/mol. The van der Waals surface area contributed by atoms with E-state index in [0.717, 1.165) is 39.2 Å². The first-order chi connectivity index (χ1) is 6.66. The van der Waals surface area contributed by atoms with E-state index in [2.05, 4.69) is 30.8 Å². The molecule has 0 aromatic rings. The largest absolute Gasteiger partial charge is 0.383 e. The first-order valence-electron chi connectivity index (χ1n) is 5.19. The van der Waals surface area contributed by atoms with Gasteiger partial charge in [0.1, 0.15) is 0 Å². The van der Waals surface area contributed by atoms with Crippen molar-refractivity contribution in [3.8, 4) is 0 Å². The molecule has 3 nitrogen and oxygen atoms in total. The summed E-state index contributed by atoms with van der Waals surface area (Å²) >= 11 is 0. The molecular weight excluding hydrogens is 176 g/mol. The lowest BCUT2D eigenvalue weighted by atomic mass is 10.2. The third-order valence-electron chi connectivity index (χ3n) is 2.08. The van der Waals surface area contributed by atoms with Crippen LogP contribution in [0.5, 0.6) is 0 Å². The van der Waals surface area contributed by atoms with Crippen molar-refractivity contribution in [1.29, 1.82) is 0 Å². The fraction of sp³-hybridized carbons (Fsp3) is 0.818. The number of likely N-dealkylation sites (N-methyl/N-ethyl adjacent to an activating group) is 1. The topological polar surface area (TPSA) is 24.5 Å². The Hall–Kier alpha value is -0.380. The smallest absolute Gasteiger partial charge is 0.0589 e. The molecule has 84 valence electrons. The van der Waals surface area contributed by atoms with Gasteiger partial charge in [-0.25, -0.2) is 0 Å². The van der Waals surface area contributed by atoms with Crippen LogP contribution in [0, 0.1) is 0 Å². The molecule has 0 aliphatic heterocycles. The molecule has 0 saturated heterocycles. The van der Waals surface area contributed by atoms with Crippen molar-refractivity contribution in [3.05, 3.63) is 12.2 Å². The maximum absolute atomic E-state index is 5.00. The molecule has 0 aromatic carbocycles. The highest BCUT2D eigenvalue weighted by Gasteiger charge is 1.96. The zero-order valence-electron chi connectivity index (χ0n) is 9.81. The lowest BCUT2D eigenvalue weighted by Gasteiger charge is -2.16. The summed E-state index contributed by atoms with van der Waals surface area (Å²) in [6.07, 6.45) is 1.07. The maximum Gasteiger partial charge on any atom is 0.0589 e. The monoisotopic (exact) mass is 200 g/mol. The molecule has 0 aromatic heterocycles. The fourth-order valence-corrected chi connectivity index (χ4v) is 1.06. The summed E-state index contributed by atoms with van der Waals surface area (Å²) in [5, 5.41) is 3.38. The average molecular weight is 200 g/mol. The van der Waals surface area contributed by atoms with E-state index in [4.69, 9.17) is 4.74 Å². The number of nitrogens with zero attached hydrogens (tertiary/aromatic N) is 1. The molecule has 0 atom stereocenters. The van der Waals surface area contributed by atoms with Crippen LogP contribution in [0.3, 0.4) is 0 Å². The van der Waals surface area contributed by atoms with Crippen LogP contribution in [0.4, 0.5) is 0 Å². The lowest BCUT2D eigenvalue weighted by molar-refractivity contribution is 0.161. The summed E-state index contributed by atoms with van der Waals surface area (Å²) in [5.74, 6) is 0. The van der Waals surface area contributed by atoms with Gasteiger partial charge in [-0.1, -0.05) is 5.57 Å². The number of nitrogens with one attached hydrogen (secondary N) is 1. The normalized spacial score (nSPS) is 10.9. The highest BCUT2D eigenvalue weighted by Crippen LogP contribution is 1.91. The van der Waals surface area contributed by atoms with Crippen LogP contribution >= 0.6 is 0 Å². The van der Waals surface area contributed by atoms with Gasteiger partial charge in [0.2, 0.25) is 0 Å². The minimum atomic E-state index is 0.808. The second kappa shape index (κ2) is 9.19. The Bertz CT molecular complexity index is 148. The molecule has 3 heteroatoms. The highest BCUT2D eigenvalue weighted by molar-refractivity contribution is 4.88. The van der Waals surface area contributed by atoms with Crippen LogP contribution in [-0.4, -0.2) is 51.8 Å². The molecule has 0 fully saturated rings. The second-order valence-electron chi connectivity index (χ2n) is 3.75. The zero-order chi connectivity index (χ0) is 10.8. The Morgan fingerprint density at radius 1 is 1.36 bits per heavy atom. The minimum absolute atomic E-state index is 0.808. The Morgan fingerprint density at radius 3 is 2.64 bits per heavy atom. The molecule has 0 heterocycles. The standard InChI is InChI=1S/C11H24N2O/c1-11(2)5-6-12-7-8-13(3)9-10-14-4/h12H,1,5-10H2,2-4H3. The van der Waals surface area contributed by atoms with Gasteiger partial charge in [-0.2, -0.15) is 0 Å². The van der Waals surface area contributed by atoms with E-state index in [0.29, 0.717) is 0 Å². The SMILES string of the molecule is C=C(C)CCNCCN(C)CCOC. The first kappa shape index (κ1) is 13.6. The van der Waals surface area contributed by atoms with Crippen LogP contribution in [0.1, 0.15) is 13.3 Å². The van der Waals surface area contributed by atoms with E-state index in [1.807, 2.05) is 0 Å². The van der Waals surface area contributed by atoms with E-state index in [-0.39, 0.29) is 0 Å². The first-order valence-corrected chi connectivity index (χ1v) is 5.19. The highest BCUT2D eigenvalue weighted by atomic mass is 16.5. The van der Waals surface area contributed by atoms with Crippen LogP contribution in [0.25, 0.3) is 0 Å². The van der Waals surface area contributed by atoms with Gasteiger partial charge in [-0.3, -0.25) is 0 Å². The summed E-state index contributed by atoms with van der Waals surface area (Å²) in [5.41, 5.74) is 1.24. The number of ether oxygens (including phenoxy) is 1. The Balaban J connectivity index is 3.14. The van der Waals surface area contributed by atoms with Gasteiger partial charge < -0.3 is 15.0 Å². The van der Waals surface area contributed by atoms with Crippen LogP contribution < -0.4 is 5.32 Å². The van der Waals surface area contributed by atoms with Crippen molar-refractivity contribution >= 4 is 0 Å². The third kappa shape index (κ3) is 9.71. The Kier molecular flexibility index (Phi) is 8.94. The summed E-state index contributed by atoms with van der Waals surface area (Å²) in [4.78, 5) is 2.26. The lowest BCUT2D eigenvalue weighted by Crippen LogP contribution is -2.31. The van der Waals surface area contributed by atoms with Gasteiger partial charge in [0, 0.05) is 26.7 Å². The molecule has 0 rings (SSSR count). The quantitative estimate of drug-likeness (QED) is 0.446. The van der Waals surface area contributed by atoms with E-state index in [1.165, 1.54) is 5.57 Å². The van der Waals surface area contributed by atoms with Gasteiger partial charge in [0.25, 0.3) is 0 Å². The molecule has 1 N–H and O–H groups in total. The summed E-state index contributed by atoms with van der Waals surface area (Å²) in [7, 11) is 3.85. The maximum atomic E-state index is 5.00. The van der Waals surface area contributed by atoms with E-state index in [1.54, 1.807) is 7.11 Å². The van der Waals surface area contributed by atoms with E-state index < -0.39 is 0 Å². The van der Waals surface area contributed by atoms with Crippen LogP contribution in [0.15, 0.2) is 12.2 Å². The molecular formula is C11H24N2O. The van der Waals surface area contributed by atoms with Crippen molar-refractivity contribution in [1.82, 2.24) is 10.2 Å². The van der Waals surface area contributed by atoms with Crippen molar-refractivity contribution < 1.29 is 4.74 Å². The van der Waals surface area contributed by atoms with Gasteiger partial charge in [-0.15, -0.1) is 6.58 Å². The number of methoxy groups -OCH3 is 1. The zero-order valence-corrected chi connectivity index (χ0v) is 9.81. The molecule has 0 bridgehead atoms. The van der Waals surface area contributed by atoms with Gasteiger partial charge in [0.05, 0.1) is 6.61 Å². The molecule has 0 aliphatic rings. The van der Waals surface area contributed by atoms with Gasteiger partial charge in [0.15, 0.2) is 0 Å². The molecule has 0 amide bonds. The van der Waals surface area contributed by atoms with Crippen molar-refractivity contribution in [2.24, 2.45) is 0 Å². The minimum Gasteiger partial charge on any atom is -0.383 e. The molecule has 0 saturated carbocycles. The number of hydrogen-bond donors (Lipinski definition) is 1. The van der Waals surface area contributed by atoms with Crippen molar-refractivity contribution in [2.45, 2.75) is 13.3 Å². The molecule has 0 unspecified atom stereocenters. The van der Waals surface area contributed by atoms with Gasteiger partial charge in [-0.05, 0) is 26.9 Å². The van der Waals surface area contributed by atoms with Crippen LogP contribution in [0.2, 0.25) is 0 Å². The second-order valence-corrected chi connectivity index (χ2v) is 3.75. The predicted octanol–water partition coefficient (Wildman–Crippen LogP) is 1.12. The summed E-state index contributed by atoms with van der Waals surface area (Å²) in [6.45, 7) is 10.9.